The number of nitrogens with two attached hydrogens (primary N) is 1. The molecular weight excluding hydrogens is 226 g/mol. The second-order valence-corrected chi connectivity index (χ2v) is 4.39. The second-order valence-electron chi connectivity index (χ2n) is 4.39. The molecule has 0 amide bonds. The lowest BCUT2D eigenvalue weighted by Crippen LogP contribution is -2.13. The number of ether oxygens (including phenoxy) is 1. The maximum atomic E-state index is 6.19. The minimum absolute atomic E-state index is 0.152. The van der Waals surface area contributed by atoms with Crippen molar-refractivity contribution < 1.29 is 4.74 Å². The van der Waals surface area contributed by atoms with Gasteiger partial charge in [-0.25, -0.2) is 0 Å². The van der Waals surface area contributed by atoms with Crippen LogP contribution in [0.2, 0.25) is 0 Å². The van der Waals surface area contributed by atoms with Crippen LogP contribution in [0.3, 0.4) is 0 Å². The van der Waals surface area contributed by atoms with Crippen LogP contribution in [0.5, 0.6) is 5.75 Å². The van der Waals surface area contributed by atoms with Crippen LogP contribution in [0.25, 0.3) is 0 Å². The van der Waals surface area contributed by atoms with E-state index in [9.17, 15) is 0 Å². The van der Waals surface area contributed by atoms with Crippen molar-refractivity contribution in [2.45, 2.75) is 26.0 Å². The van der Waals surface area contributed by atoms with Crippen molar-refractivity contribution in [1.29, 1.82) is 0 Å². The summed E-state index contributed by atoms with van der Waals surface area (Å²) in [6.07, 6.45) is 3.48. The molecule has 0 bridgehead atoms. The predicted octanol–water partition coefficient (Wildman–Crippen LogP) is 2.31. The summed E-state index contributed by atoms with van der Waals surface area (Å²) in [5.74, 6) is 0.833. The van der Waals surface area contributed by atoms with Crippen LogP contribution in [0.15, 0.2) is 42.7 Å². The third kappa shape index (κ3) is 3.05. The van der Waals surface area contributed by atoms with E-state index in [1.807, 2.05) is 44.2 Å². The first-order valence-electron chi connectivity index (χ1n) is 5.95. The lowest BCUT2D eigenvalue weighted by Gasteiger charge is -2.15. The summed E-state index contributed by atoms with van der Waals surface area (Å²) in [6, 6.07) is 9.48. The molecule has 2 N–H and O–H groups in total. The molecule has 0 aliphatic heterocycles. The largest absolute Gasteiger partial charge is 0.491 e. The molecule has 0 radical (unpaired) electrons. The Hall–Kier alpha value is -1.94. The molecule has 0 fully saturated rings. The van der Waals surface area contributed by atoms with Gasteiger partial charge in [0.25, 0.3) is 0 Å². The van der Waals surface area contributed by atoms with Gasteiger partial charge in [-0.05, 0) is 43.2 Å². The number of benzene rings is 1. The van der Waals surface area contributed by atoms with Crippen molar-refractivity contribution >= 4 is 0 Å². The molecule has 4 heteroatoms. The van der Waals surface area contributed by atoms with Gasteiger partial charge in [-0.2, -0.15) is 10.2 Å². The van der Waals surface area contributed by atoms with Crippen LogP contribution in [0.4, 0.5) is 0 Å². The maximum Gasteiger partial charge on any atom is 0.120 e. The highest BCUT2D eigenvalue weighted by atomic mass is 16.5. The zero-order valence-corrected chi connectivity index (χ0v) is 10.6. The van der Waals surface area contributed by atoms with E-state index < -0.39 is 0 Å². The first-order chi connectivity index (χ1) is 8.66. The topological polar surface area (TPSA) is 61.0 Å². The summed E-state index contributed by atoms with van der Waals surface area (Å²) in [7, 11) is 0. The van der Waals surface area contributed by atoms with Crippen LogP contribution >= 0.6 is 0 Å². The van der Waals surface area contributed by atoms with Crippen LogP contribution in [0, 0.1) is 0 Å². The second kappa shape index (κ2) is 5.60. The molecule has 18 heavy (non-hydrogen) atoms. The van der Waals surface area contributed by atoms with Gasteiger partial charge in [-0.3, -0.25) is 0 Å². The summed E-state index contributed by atoms with van der Waals surface area (Å²) in [5.41, 5.74) is 8.13. The number of rotatable bonds is 4. The van der Waals surface area contributed by atoms with E-state index >= 15 is 0 Å². The van der Waals surface area contributed by atoms with Gasteiger partial charge in [-0.15, -0.1) is 0 Å². The lowest BCUT2D eigenvalue weighted by molar-refractivity contribution is 0.242. The minimum atomic E-state index is -0.212. The van der Waals surface area contributed by atoms with Gasteiger partial charge < -0.3 is 10.5 Å². The molecule has 0 aliphatic rings. The van der Waals surface area contributed by atoms with Gasteiger partial charge in [0, 0.05) is 6.20 Å². The normalized spacial score (nSPS) is 12.4. The van der Waals surface area contributed by atoms with E-state index in [2.05, 4.69) is 10.2 Å². The van der Waals surface area contributed by atoms with Crippen molar-refractivity contribution in [3.63, 3.8) is 0 Å². The highest BCUT2D eigenvalue weighted by molar-refractivity contribution is 5.35. The fourth-order valence-corrected chi connectivity index (χ4v) is 1.73. The Labute approximate surface area is 107 Å². The number of hydrogen-bond donors (Lipinski definition) is 1. The van der Waals surface area contributed by atoms with Crippen molar-refractivity contribution in [3.8, 4) is 5.75 Å². The first-order valence-corrected chi connectivity index (χ1v) is 5.95. The molecule has 0 aliphatic carbocycles. The SMILES string of the molecule is CC(C)Oc1cccc(C(N)c2ccnnc2)c1. The van der Waals surface area contributed by atoms with Crippen LogP contribution in [-0.4, -0.2) is 16.3 Å². The Kier molecular flexibility index (Phi) is 3.89. The van der Waals surface area contributed by atoms with Crippen LogP contribution in [-0.2, 0) is 0 Å². The van der Waals surface area contributed by atoms with Gasteiger partial charge in [0.05, 0.1) is 18.3 Å². The van der Waals surface area contributed by atoms with Crippen molar-refractivity contribution in [1.82, 2.24) is 10.2 Å². The highest BCUT2D eigenvalue weighted by Crippen LogP contribution is 2.23. The van der Waals surface area contributed by atoms with E-state index in [0.29, 0.717) is 0 Å². The molecule has 1 aromatic heterocycles. The predicted molar refractivity (Wildman–Crippen MR) is 70.3 cm³/mol. The third-order valence-corrected chi connectivity index (χ3v) is 2.56. The summed E-state index contributed by atoms with van der Waals surface area (Å²) in [4.78, 5) is 0. The fourth-order valence-electron chi connectivity index (χ4n) is 1.73. The fraction of sp³-hybridized carbons (Fsp3) is 0.286. The Morgan fingerprint density at radius 1 is 1.11 bits per heavy atom. The number of nitrogens with zero attached hydrogens (tertiary/aromatic N) is 2. The van der Waals surface area contributed by atoms with Gasteiger partial charge >= 0.3 is 0 Å². The molecule has 1 heterocycles. The van der Waals surface area contributed by atoms with Crippen molar-refractivity contribution in [3.05, 3.63) is 53.9 Å². The van der Waals surface area contributed by atoms with Gasteiger partial charge in [-0.1, -0.05) is 12.1 Å². The number of hydrogen-bond acceptors (Lipinski definition) is 4. The summed E-state index contributed by atoms with van der Waals surface area (Å²) >= 11 is 0. The monoisotopic (exact) mass is 243 g/mol. The van der Waals surface area contributed by atoms with E-state index in [4.69, 9.17) is 10.5 Å². The van der Waals surface area contributed by atoms with Crippen molar-refractivity contribution in [2.75, 3.05) is 0 Å². The van der Waals surface area contributed by atoms with E-state index in [-0.39, 0.29) is 12.1 Å². The standard InChI is InChI=1S/C14H17N3O/c1-10(2)18-13-5-3-4-11(8-13)14(15)12-6-7-16-17-9-12/h3-10,14H,15H2,1-2H3. The Morgan fingerprint density at radius 3 is 2.61 bits per heavy atom. The smallest absolute Gasteiger partial charge is 0.120 e. The summed E-state index contributed by atoms with van der Waals surface area (Å²) < 4.78 is 5.66. The molecule has 2 aromatic rings. The zero-order chi connectivity index (χ0) is 13.0. The molecular formula is C14H17N3O. The molecule has 4 nitrogen and oxygen atoms in total. The van der Waals surface area contributed by atoms with Crippen molar-refractivity contribution in [2.24, 2.45) is 5.73 Å². The minimum Gasteiger partial charge on any atom is -0.491 e. The molecule has 2 rings (SSSR count). The number of aromatic nitrogens is 2. The summed E-state index contributed by atoms with van der Waals surface area (Å²) in [5, 5.41) is 7.59. The Bertz CT molecular complexity index is 499. The molecule has 94 valence electrons. The van der Waals surface area contributed by atoms with E-state index in [1.54, 1.807) is 12.4 Å². The zero-order valence-electron chi connectivity index (χ0n) is 10.6. The lowest BCUT2D eigenvalue weighted by atomic mass is 10.0. The third-order valence-electron chi connectivity index (χ3n) is 2.56. The maximum absolute atomic E-state index is 6.19. The molecule has 1 aromatic carbocycles. The van der Waals surface area contributed by atoms with E-state index in [1.165, 1.54) is 0 Å². The summed E-state index contributed by atoms with van der Waals surface area (Å²) in [6.45, 7) is 4.00. The van der Waals surface area contributed by atoms with Gasteiger partial charge in [0.1, 0.15) is 5.75 Å². The molecule has 1 atom stereocenters. The highest BCUT2D eigenvalue weighted by Gasteiger charge is 2.10. The Morgan fingerprint density at radius 2 is 1.94 bits per heavy atom. The first kappa shape index (κ1) is 12.5. The molecule has 0 spiro atoms. The molecule has 0 saturated heterocycles. The van der Waals surface area contributed by atoms with Gasteiger partial charge in [0.2, 0.25) is 0 Å². The van der Waals surface area contributed by atoms with Crippen LogP contribution in [0.1, 0.15) is 31.0 Å². The average Bonchev–Trinajstić information content (AvgIpc) is 2.38. The quantitative estimate of drug-likeness (QED) is 0.895. The molecule has 0 saturated carbocycles. The van der Waals surface area contributed by atoms with Crippen LogP contribution < -0.4 is 10.5 Å². The van der Waals surface area contributed by atoms with Gasteiger partial charge in [0.15, 0.2) is 0 Å². The Balaban J connectivity index is 2.23. The van der Waals surface area contributed by atoms with E-state index in [0.717, 1.165) is 16.9 Å². The molecule has 1 unspecified atom stereocenters. The average molecular weight is 243 g/mol.